The number of aromatic amines is 1. The van der Waals surface area contributed by atoms with Gasteiger partial charge in [-0.1, -0.05) is 6.07 Å². The van der Waals surface area contributed by atoms with Gasteiger partial charge in [-0.05, 0) is 69.2 Å². The van der Waals surface area contributed by atoms with Crippen LogP contribution < -0.4 is 16.6 Å². The Morgan fingerprint density at radius 1 is 1.09 bits per heavy atom. The van der Waals surface area contributed by atoms with E-state index in [1.807, 2.05) is 0 Å². The van der Waals surface area contributed by atoms with Crippen LogP contribution in [0.15, 0.2) is 46.0 Å². The predicted molar refractivity (Wildman–Crippen MR) is 120 cm³/mol. The maximum Gasteiger partial charge on any atom is 0.329 e. The Balaban J connectivity index is 1.61. The van der Waals surface area contributed by atoms with Crippen LogP contribution in [-0.2, 0) is 4.79 Å². The zero-order valence-electron chi connectivity index (χ0n) is 18.5. The third-order valence-corrected chi connectivity index (χ3v) is 7.56. The molecule has 1 heterocycles. The van der Waals surface area contributed by atoms with Crippen molar-refractivity contribution in [3.05, 3.63) is 80.3 Å². The van der Waals surface area contributed by atoms with Crippen molar-refractivity contribution in [3.8, 4) is 0 Å². The van der Waals surface area contributed by atoms with Crippen LogP contribution in [0.2, 0.25) is 0 Å². The first kappa shape index (κ1) is 22.4. The van der Waals surface area contributed by atoms with Crippen molar-refractivity contribution >= 4 is 16.8 Å². The molecule has 34 heavy (non-hydrogen) atoms. The molecule has 1 aromatic heterocycles. The number of nitrogens with one attached hydrogen (secondary N) is 2. The number of halogens is 3. The Kier molecular flexibility index (Phi) is 5.37. The van der Waals surface area contributed by atoms with Gasteiger partial charge in [0.15, 0.2) is 0 Å². The molecule has 0 radical (unpaired) electrons. The van der Waals surface area contributed by atoms with Gasteiger partial charge in [-0.3, -0.25) is 9.59 Å². The zero-order valence-corrected chi connectivity index (χ0v) is 18.5. The fourth-order valence-electron chi connectivity index (χ4n) is 5.95. The third-order valence-electron chi connectivity index (χ3n) is 7.56. The van der Waals surface area contributed by atoms with E-state index in [0.717, 1.165) is 41.7 Å². The van der Waals surface area contributed by atoms with Gasteiger partial charge in [-0.2, -0.15) is 0 Å². The Hall–Kier alpha value is -3.36. The lowest BCUT2D eigenvalue weighted by Gasteiger charge is -2.36. The number of carbonyl (C=O) groups excluding carboxylic acids is 1. The van der Waals surface area contributed by atoms with E-state index in [0.29, 0.717) is 25.2 Å². The molecule has 5 rings (SSSR count). The Morgan fingerprint density at radius 3 is 2.41 bits per heavy atom. The van der Waals surface area contributed by atoms with Crippen LogP contribution in [0, 0.1) is 28.8 Å². The van der Waals surface area contributed by atoms with Gasteiger partial charge >= 0.3 is 5.69 Å². The Bertz CT molecular complexity index is 1410. The van der Waals surface area contributed by atoms with Crippen LogP contribution in [0.25, 0.3) is 10.9 Å². The lowest BCUT2D eigenvalue weighted by Crippen LogP contribution is -2.51. The fraction of sp³-hybridized carbons (Fsp3) is 0.400. The zero-order chi connectivity index (χ0) is 24.2. The van der Waals surface area contributed by atoms with Crippen LogP contribution in [0.5, 0.6) is 0 Å². The maximum atomic E-state index is 14.3. The van der Waals surface area contributed by atoms with Crippen molar-refractivity contribution in [3.63, 3.8) is 0 Å². The van der Waals surface area contributed by atoms with Crippen LogP contribution in [-0.4, -0.2) is 15.5 Å². The summed E-state index contributed by atoms with van der Waals surface area (Å²) in [5, 5.41) is 2.71. The lowest BCUT2D eigenvalue weighted by molar-refractivity contribution is -0.129. The highest BCUT2D eigenvalue weighted by atomic mass is 19.1. The molecule has 6 nitrogen and oxygen atoms in total. The molecular weight excluding hydrogens is 447 g/mol. The largest absolute Gasteiger partial charge is 0.348 e. The van der Waals surface area contributed by atoms with Gasteiger partial charge in [-0.25, -0.2) is 22.5 Å². The number of rotatable bonds is 5. The summed E-state index contributed by atoms with van der Waals surface area (Å²) in [6.07, 6.45) is 3.81. The summed E-state index contributed by atoms with van der Waals surface area (Å²) >= 11 is 0. The average Bonchev–Trinajstić information content (AvgIpc) is 3.39. The number of amides is 1. The molecule has 2 aromatic carbocycles. The quantitative estimate of drug-likeness (QED) is 0.588. The van der Waals surface area contributed by atoms with E-state index < -0.39 is 52.1 Å². The SMILES string of the molecule is C[C@@H](NC(=O)[C@@H](n1c(=O)[nH]c2ccc(F)cc2c1=O)C12CCC(CC1)C2)c1ccc(F)cc1F. The van der Waals surface area contributed by atoms with Crippen LogP contribution in [0.1, 0.15) is 56.7 Å². The molecule has 0 unspecified atom stereocenters. The van der Waals surface area contributed by atoms with Crippen LogP contribution in [0.3, 0.4) is 0 Å². The number of hydrogen-bond donors (Lipinski definition) is 2. The molecule has 1 amide bonds. The first-order chi connectivity index (χ1) is 16.2. The molecule has 2 bridgehead atoms. The number of nitrogens with zero attached hydrogens (tertiary/aromatic N) is 1. The molecule has 2 aliphatic carbocycles. The summed E-state index contributed by atoms with van der Waals surface area (Å²) in [5.74, 6) is -2.36. The van der Waals surface area contributed by atoms with E-state index in [4.69, 9.17) is 0 Å². The minimum atomic E-state index is -1.14. The van der Waals surface area contributed by atoms with Crippen molar-refractivity contribution in [2.75, 3.05) is 0 Å². The monoisotopic (exact) mass is 471 g/mol. The second-order valence-electron chi connectivity index (χ2n) is 9.60. The summed E-state index contributed by atoms with van der Waals surface area (Å²) in [5.41, 5.74) is -1.84. The number of hydrogen-bond acceptors (Lipinski definition) is 3. The van der Waals surface area contributed by atoms with Gasteiger partial charge in [0.1, 0.15) is 23.5 Å². The number of fused-ring (bicyclic) bond motifs is 3. The molecule has 2 aliphatic rings. The van der Waals surface area contributed by atoms with Gasteiger partial charge < -0.3 is 10.3 Å². The second-order valence-corrected chi connectivity index (χ2v) is 9.60. The van der Waals surface area contributed by atoms with Crippen molar-refractivity contribution in [2.45, 2.75) is 51.1 Å². The van der Waals surface area contributed by atoms with Gasteiger partial charge in [0.2, 0.25) is 5.91 Å². The van der Waals surface area contributed by atoms with Crippen molar-refractivity contribution in [1.29, 1.82) is 0 Å². The highest BCUT2D eigenvalue weighted by Gasteiger charge is 2.54. The predicted octanol–water partition coefficient (Wildman–Crippen LogP) is 4.11. The summed E-state index contributed by atoms with van der Waals surface area (Å²) < 4.78 is 42.5. The van der Waals surface area contributed by atoms with Crippen molar-refractivity contribution in [1.82, 2.24) is 14.9 Å². The third kappa shape index (κ3) is 3.63. The minimum absolute atomic E-state index is 0.0287. The van der Waals surface area contributed by atoms with Crippen molar-refractivity contribution < 1.29 is 18.0 Å². The molecule has 2 N–H and O–H groups in total. The lowest BCUT2D eigenvalue weighted by atomic mass is 9.76. The highest BCUT2D eigenvalue weighted by Crippen LogP contribution is 2.59. The highest BCUT2D eigenvalue weighted by molar-refractivity contribution is 5.83. The minimum Gasteiger partial charge on any atom is -0.348 e. The van der Waals surface area contributed by atoms with E-state index >= 15 is 0 Å². The number of H-pyrrole nitrogens is 1. The number of benzene rings is 2. The van der Waals surface area contributed by atoms with Gasteiger partial charge in [0.05, 0.1) is 16.9 Å². The molecular formula is C25H24F3N3O3. The molecule has 9 heteroatoms. The molecule has 2 fully saturated rings. The van der Waals surface area contributed by atoms with E-state index in [1.165, 1.54) is 12.1 Å². The number of carbonyl (C=O) groups is 1. The van der Waals surface area contributed by atoms with Crippen LogP contribution >= 0.6 is 0 Å². The second kappa shape index (κ2) is 8.14. The van der Waals surface area contributed by atoms with E-state index in [9.17, 15) is 27.6 Å². The van der Waals surface area contributed by atoms with Gasteiger partial charge in [0.25, 0.3) is 5.56 Å². The molecule has 2 saturated carbocycles. The molecule has 0 saturated heterocycles. The van der Waals surface area contributed by atoms with Gasteiger partial charge in [-0.15, -0.1) is 0 Å². The topological polar surface area (TPSA) is 84.0 Å². The summed E-state index contributed by atoms with van der Waals surface area (Å²) in [4.78, 5) is 42.8. The Labute approximate surface area is 192 Å². The molecule has 0 aliphatic heterocycles. The summed E-state index contributed by atoms with van der Waals surface area (Å²) in [6, 6.07) is 4.60. The smallest absolute Gasteiger partial charge is 0.329 e. The number of aromatic nitrogens is 2. The molecule has 2 atom stereocenters. The molecule has 3 aromatic rings. The van der Waals surface area contributed by atoms with E-state index in [2.05, 4.69) is 10.3 Å². The van der Waals surface area contributed by atoms with Crippen LogP contribution in [0.4, 0.5) is 13.2 Å². The average molecular weight is 471 g/mol. The maximum absolute atomic E-state index is 14.3. The normalized spacial score (nSPS) is 23.2. The molecule has 0 spiro atoms. The summed E-state index contributed by atoms with van der Waals surface area (Å²) in [7, 11) is 0. The fourth-order valence-corrected chi connectivity index (χ4v) is 5.95. The van der Waals surface area contributed by atoms with E-state index in [-0.39, 0.29) is 16.5 Å². The molecule has 178 valence electrons. The first-order valence-corrected chi connectivity index (χ1v) is 11.4. The van der Waals surface area contributed by atoms with Crippen molar-refractivity contribution in [2.24, 2.45) is 11.3 Å². The van der Waals surface area contributed by atoms with E-state index in [1.54, 1.807) is 6.92 Å². The summed E-state index contributed by atoms with van der Waals surface area (Å²) in [6.45, 7) is 1.55. The van der Waals surface area contributed by atoms with Gasteiger partial charge in [0, 0.05) is 17.0 Å². The standard InChI is InChI=1S/C25H24F3N3O3/c1-13(17-4-2-16(27)11-19(17)28)29-22(32)21(25-8-6-14(12-25)7-9-25)31-23(33)18-10-15(26)3-5-20(18)30-24(31)34/h2-5,10-11,13-14,21H,6-9,12H2,1H3,(H,29,32)(H,30,34)/t13-,14?,21-,25?/m1/s1. The first-order valence-electron chi connectivity index (χ1n) is 11.4. The Morgan fingerprint density at radius 2 is 1.76 bits per heavy atom.